The van der Waals surface area contributed by atoms with Crippen LogP contribution in [0, 0.1) is 6.92 Å². The highest BCUT2D eigenvalue weighted by Gasteiger charge is 2.09. The summed E-state index contributed by atoms with van der Waals surface area (Å²) < 4.78 is 5.02. The van der Waals surface area contributed by atoms with Crippen LogP contribution in [0.5, 0.6) is 5.75 Å². The van der Waals surface area contributed by atoms with Crippen molar-refractivity contribution >= 4 is 12.1 Å². The van der Waals surface area contributed by atoms with E-state index in [2.05, 4.69) is 10.5 Å². The van der Waals surface area contributed by atoms with Crippen LogP contribution in [-0.2, 0) is 0 Å². The van der Waals surface area contributed by atoms with Gasteiger partial charge in [0.05, 0.1) is 18.0 Å². The first-order chi connectivity index (χ1) is 8.68. The largest absolute Gasteiger partial charge is 0.507 e. The fourth-order valence-electron chi connectivity index (χ4n) is 1.44. The molecule has 5 nitrogen and oxygen atoms in total. The number of furan rings is 1. The van der Waals surface area contributed by atoms with E-state index in [4.69, 9.17) is 4.42 Å². The third kappa shape index (κ3) is 2.57. The molecular formula is C13H12N2O3. The molecule has 0 aliphatic rings. The van der Waals surface area contributed by atoms with Crippen molar-refractivity contribution in [2.24, 2.45) is 5.10 Å². The number of phenols is 1. The Balaban J connectivity index is 2.03. The summed E-state index contributed by atoms with van der Waals surface area (Å²) in [5, 5.41) is 13.3. The summed E-state index contributed by atoms with van der Waals surface area (Å²) in [7, 11) is 0. The summed E-state index contributed by atoms with van der Waals surface area (Å²) in [6, 6.07) is 8.28. The molecule has 0 radical (unpaired) electrons. The molecule has 0 bridgehead atoms. The number of amides is 1. The van der Waals surface area contributed by atoms with Crippen molar-refractivity contribution in [3.05, 3.63) is 53.5 Å². The number of aromatic hydroxyl groups is 1. The maximum absolute atomic E-state index is 11.7. The summed E-state index contributed by atoms with van der Waals surface area (Å²) in [5.41, 5.74) is 3.33. The fraction of sp³-hybridized carbons (Fsp3) is 0.0769. The summed E-state index contributed by atoms with van der Waals surface area (Å²) in [5.74, 6) is 0.285. The van der Waals surface area contributed by atoms with Gasteiger partial charge in [-0.15, -0.1) is 0 Å². The number of hydrazone groups is 1. The second-order valence-electron chi connectivity index (χ2n) is 3.65. The highest BCUT2D eigenvalue weighted by atomic mass is 16.3. The maximum atomic E-state index is 11.7. The third-order valence-electron chi connectivity index (χ3n) is 2.41. The van der Waals surface area contributed by atoms with Gasteiger partial charge in [-0.25, -0.2) is 5.43 Å². The van der Waals surface area contributed by atoms with Crippen LogP contribution in [-0.4, -0.2) is 17.2 Å². The molecule has 0 saturated carbocycles. The number of hydrogen-bond donors (Lipinski definition) is 2. The Labute approximate surface area is 104 Å². The van der Waals surface area contributed by atoms with E-state index in [1.165, 1.54) is 12.5 Å². The lowest BCUT2D eigenvalue weighted by atomic mass is 10.2. The lowest BCUT2D eigenvalue weighted by Gasteiger charge is -1.98. The predicted molar refractivity (Wildman–Crippen MR) is 66.6 cm³/mol. The highest BCUT2D eigenvalue weighted by molar-refractivity contribution is 5.95. The molecule has 2 aromatic rings. The molecule has 5 heteroatoms. The molecule has 0 spiro atoms. The van der Waals surface area contributed by atoms with Gasteiger partial charge >= 0.3 is 0 Å². The lowest BCUT2D eigenvalue weighted by Crippen LogP contribution is -2.17. The van der Waals surface area contributed by atoms with E-state index in [9.17, 15) is 9.90 Å². The number of rotatable bonds is 3. The van der Waals surface area contributed by atoms with E-state index in [-0.39, 0.29) is 11.7 Å². The Hall–Kier alpha value is -2.56. The van der Waals surface area contributed by atoms with E-state index in [1.807, 2.05) is 0 Å². The monoisotopic (exact) mass is 244 g/mol. The first kappa shape index (κ1) is 11.9. The minimum Gasteiger partial charge on any atom is -0.507 e. The van der Waals surface area contributed by atoms with Crippen LogP contribution >= 0.6 is 0 Å². The Kier molecular flexibility index (Phi) is 3.43. The molecule has 0 unspecified atom stereocenters. The van der Waals surface area contributed by atoms with Gasteiger partial charge in [0.15, 0.2) is 0 Å². The molecule has 0 aliphatic carbocycles. The van der Waals surface area contributed by atoms with Gasteiger partial charge in [-0.05, 0) is 25.1 Å². The van der Waals surface area contributed by atoms with E-state index in [0.717, 1.165) is 0 Å². The van der Waals surface area contributed by atoms with Gasteiger partial charge in [0.25, 0.3) is 5.91 Å². The van der Waals surface area contributed by atoms with Gasteiger partial charge < -0.3 is 9.52 Å². The summed E-state index contributed by atoms with van der Waals surface area (Å²) in [6.45, 7) is 1.70. The maximum Gasteiger partial charge on any atom is 0.274 e. The smallest absolute Gasteiger partial charge is 0.274 e. The Morgan fingerprint density at radius 2 is 2.17 bits per heavy atom. The zero-order chi connectivity index (χ0) is 13.0. The minimum absolute atomic E-state index is 0.106. The van der Waals surface area contributed by atoms with Gasteiger partial charge in [-0.2, -0.15) is 5.10 Å². The number of phenolic OH excluding ortho intramolecular Hbond substituents is 1. The van der Waals surface area contributed by atoms with E-state index in [0.29, 0.717) is 16.9 Å². The highest BCUT2D eigenvalue weighted by Crippen LogP contribution is 2.12. The number of benzene rings is 1. The van der Waals surface area contributed by atoms with E-state index >= 15 is 0 Å². The van der Waals surface area contributed by atoms with E-state index < -0.39 is 0 Å². The van der Waals surface area contributed by atoms with Crippen molar-refractivity contribution < 1.29 is 14.3 Å². The summed E-state index contributed by atoms with van der Waals surface area (Å²) in [6.07, 6.45) is 2.82. The number of para-hydroxylation sites is 1. The van der Waals surface area contributed by atoms with Gasteiger partial charge in [0.1, 0.15) is 11.5 Å². The quantitative estimate of drug-likeness (QED) is 0.641. The molecule has 2 N–H and O–H groups in total. The van der Waals surface area contributed by atoms with Gasteiger partial charge in [0.2, 0.25) is 0 Å². The fourth-order valence-corrected chi connectivity index (χ4v) is 1.44. The number of carbonyl (C=O) groups excluding carboxylic acids is 1. The van der Waals surface area contributed by atoms with E-state index in [1.54, 1.807) is 37.3 Å². The molecule has 92 valence electrons. The van der Waals surface area contributed by atoms with Crippen LogP contribution in [0.25, 0.3) is 0 Å². The predicted octanol–water partition coefficient (Wildman–Crippen LogP) is 2.06. The average molecular weight is 244 g/mol. The number of hydrogen-bond acceptors (Lipinski definition) is 4. The van der Waals surface area contributed by atoms with Crippen molar-refractivity contribution in [3.63, 3.8) is 0 Å². The van der Waals surface area contributed by atoms with Crippen LogP contribution in [0.3, 0.4) is 0 Å². The second kappa shape index (κ2) is 5.18. The zero-order valence-electron chi connectivity index (χ0n) is 9.75. The van der Waals surface area contributed by atoms with Crippen molar-refractivity contribution in [2.75, 3.05) is 0 Å². The zero-order valence-corrected chi connectivity index (χ0v) is 9.75. The molecule has 1 amide bonds. The Morgan fingerprint density at radius 1 is 1.39 bits per heavy atom. The molecule has 0 atom stereocenters. The van der Waals surface area contributed by atoms with Crippen molar-refractivity contribution in [2.45, 2.75) is 6.92 Å². The van der Waals surface area contributed by atoms with Crippen molar-refractivity contribution in [3.8, 4) is 5.75 Å². The Morgan fingerprint density at radius 3 is 2.83 bits per heavy atom. The second-order valence-corrected chi connectivity index (χ2v) is 3.65. The first-order valence-electron chi connectivity index (χ1n) is 5.34. The molecule has 1 aromatic heterocycles. The molecule has 0 fully saturated rings. The van der Waals surface area contributed by atoms with Crippen LogP contribution in [0.15, 0.2) is 46.1 Å². The minimum atomic E-state index is -0.354. The third-order valence-corrected chi connectivity index (χ3v) is 2.41. The topological polar surface area (TPSA) is 74.8 Å². The molecular weight excluding hydrogens is 232 g/mol. The van der Waals surface area contributed by atoms with Gasteiger partial charge in [-0.3, -0.25) is 4.79 Å². The van der Waals surface area contributed by atoms with Gasteiger partial charge in [0, 0.05) is 5.56 Å². The molecule has 18 heavy (non-hydrogen) atoms. The van der Waals surface area contributed by atoms with Crippen LogP contribution in [0.2, 0.25) is 0 Å². The van der Waals surface area contributed by atoms with Crippen molar-refractivity contribution in [1.82, 2.24) is 5.43 Å². The number of aryl methyl sites for hydroxylation is 1. The molecule has 1 heterocycles. The summed E-state index contributed by atoms with van der Waals surface area (Å²) in [4.78, 5) is 11.7. The Bertz CT molecular complexity index is 587. The lowest BCUT2D eigenvalue weighted by molar-refractivity contribution is 0.0953. The van der Waals surface area contributed by atoms with Crippen LogP contribution < -0.4 is 5.43 Å². The van der Waals surface area contributed by atoms with Gasteiger partial charge in [-0.1, -0.05) is 12.1 Å². The van der Waals surface area contributed by atoms with Crippen LogP contribution in [0.1, 0.15) is 21.7 Å². The first-order valence-corrected chi connectivity index (χ1v) is 5.34. The molecule has 1 aromatic carbocycles. The SMILES string of the molecule is Cc1occc1C(=O)N/N=C/c1ccccc1O. The number of nitrogens with one attached hydrogen (secondary N) is 1. The molecule has 0 aliphatic heterocycles. The standard InChI is InChI=1S/C13H12N2O3/c1-9-11(6-7-18-9)13(17)15-14-8-10-4-2-3-5-12(10)16/h2-8,16H,1H3,(H,15,17)/b14-8+. The number of nitrogens with zero attached hydrogens (tertiary/aromatic N) is 1. The molecule has 2 rings (SSSR count). The van der Waals surface area contributed by atoms with Crippen molar-refractivity contribution in [1.29, 1.82) is 0 Å². The van der Waals surface area contributed by atoms with Crippen LogP contribution in [0.4, 0.5) is 0 Å². The summed E-state index contributed by atoms with van der Waals surface area (Å²) >= 11 is 0. The normalized spacial score (nSPS) is 10.7. The number of carbonyl (C=O) groups is 1. The average Bonchev–Trinajstić information content (AvgIpc) is 2.78. The molecule has 0 saturated heterocycles.